The number of anilines is 1. The highest BCUT2D eigenvalue weighted by atomic mass is 19.1. The van der Waals surface area contributed by atoms with E-state index < -0.39 is 35.4 Å². The zero-order valence-electron chi connectivity index (χ0n) is 21.3. The molecule has 0 saturated carbocycles. The van der Waals surface area contributed by atoms with Gasteiger partial charge < -0.3 is 25.0 Å². The normalized spacial score (nSPS) is 20.9. The van der Waals surface area contributed by atoms with Gasteiger partial charge in [0.2, 0.25) is 0 Å². The fourth-order valence-corrected chi connectivity index (χ4v) is 4.83. The summed E-state index contributed by atoms with van der Waals surface area (Å²) in [7, 11) is 5.03. The summed E-state index contributed by atoms with van der Waals surface area (Å²) in [6.45, 7) is 2.77. The van der Waals surface area contributed by atoms with E-state index in [0.717, 1.165) is 5.56 Å². The maximum atomic E-state index is 14.2. The number of methoxy groups -OCH3 is 1. The Morgan fingerprint density at radius 1 is 1.14 bits per heavy atom. The molecule has 196 valence electrons. The molecule has 2 bridgehead atoms. The Balaban J connectivity index is 1.77. The standard InChI is InChI=1S/C28H31F2N3O4/c1-17-13-20(30)16-21(14-17)32-23(15-18-5-7-19(29)8-6-18)28-10-9-22(37-28)24(25(28)27(35)36-4)26(34)31-11-12-33(2)3/h5-10,13-14,16,22-23,32H,11-12,15H2,1-4H3,(H,31,34). The molecule has 2 aromatic carbocycles. The highest BCUT2D eigenvalue weighted by Gasteiger charge is 2.58. The van der Waals surface area contributed by atoms with Crippen LogP contribution in [0.15, 0.2) is 65.8 Å². The lowest BCUT2D eigenvalue weighted by atomic mass is 9.78. The summed E-state index contributed by atoms with van der Waals surface area (Å²) in [4.78, 5) is 28.3. The van der Waals surface area contributed by atoms with Gasteiger partial charge in [0, 0.05) is 18.8 Å². The summed E-state index contributed by atoms with van der Waals surface area (Å²) in [5, 5.41) is 6.18. The number of fused-ring (bicyclic) bond motifs is 2. The van der Waals surface area contributed by atoms with Gasteiger partial charge in [0.15, 0.2) is 0 Å². The number of likely N-dealkylation sites (N-methyl/N-ethyl adjacent to an activating group) is 1. The third-order valence-electron chi connectivity index (χ3n) is 6.52. The molecule has 9 heteroatoms. The molecule has 0 fully saturated rings. The molecule has 2 aliphatic rings. The lowest BCUT2D eigenvalue weighted by Gasteiger charge is -2.36. The Hall–Kier alpha value is -3.56. The monoisotopic (exact) mass is 511 g/mol. The first-order valence-corrected chi connectivity index (χ1v) is 12.0. The van der Waals surface area contributed by atoms with Crippen LogP contribution in [0.3, 0.4) is 0 Å². The second-order valence-corrected chi connectivity index (χ2v) is 9.57. The highest BCUT2D eigenvalue weighted by molar-refractivity contribution is 6.07. The van der Waals surface area contributed by atoms with E-state index >= 15 is 0 Å². The van der Waals surface area contributed by atoms with Gasteiger partial charge in [-0.05, 0) is 75.0 Å². The van der Waals surface area contributed by atoms with Crippen LogP contribution in [0.1, 0.15) is 11.1 Å². The van der Waals surface area contributed by atoms with Crippen molar-refractivity contribution in [2.75, 3.05) is 39.6 Å². The molecule has 1 amide bonds. The first-order chi connectivity index (χ1) is 17.6. The van der Waals surface area contributed by atoms with Crippen LogP contribution in [0.5, 0.6) is 0 Å². The van der Waals surface area contributed by atoms with E-state index in [1.807, 2.05) is 19.0 Å². The number of nitrogens with zero attached hydrogens (tertiary/aromatic N) is 1. The van der Waals surface area contributed by atoms with Gasteiger partial charge in [-0.2, -0.15) is 0 Å². The Morgan fingerprint density at radius 2 is 1.86 bits per heavy atom. The van der Waals surface area contributed by atoms with Crippen molar-refractivity contribution in [3.8, 4) is 0 Å². The van der Waals surface area contributed by atoms with Gasteiger partial charge in [-0.15, -0.1) is 0 Å². The van der Waals surface area contributed by atoms with Crippen molar-refractivity contribution in [1.29, 1.82) is 0 Å². The lowest BCUT2D eigenvalue weighted by molar-refractivity contribution is -0.138. The summed E-state index contributed by atoms with van der Waals surface area (Å²) < 4.78 is 39.3. The maximum Gasteiger partial charge on any atom is 0.337 e. The van der Waals surface area contributed by atoms with Gasteiger partial charge in [0.25, 0.3) is 5.91 Å². The van der Waals surface area contributed by atoms with Crippen LogP contribution in [0.2, 0.25) is 0 Å². The third-order valence-corrected chi connectivity index (χ3v) is 6.52. The number of carbonyl (C=O) groups is 2. The van der Waals surface area contributed by atoms with Crippen molar-refractivity contribution < 1.29 is 27.8 Å². The SMILES string of the molecule is COC(=O)C1=C(C(=O)NCCN(C)C)C2C=CC1(C(Cc1ccc(F)cc1)Nc1cc(C)cc(F)c1)O2. The summed E-state index contributed by atoms with van der Waals surface area (Å²) in [6, 6.07) is 9.84. The fraction of sp³-hybridized carbons (Fsp3) is 0.357. The number of rotatable bonds is 10. The van der Waals surface area contributed by atoms with Crippen LogP contribution in [0.25, 0.3) is 0 Å². The van der Waals surface area contributed by atoms with E-state index in [1.54, 1.807) is 37.3 Å². The van der Waals surface area contributed by atoms with Crippen molar-refractivity contribution >= 4 is 17.6 Å². The number of halogens is 2. The van der Waals surface area contributed by atoms with Crippen LogP contribution in [-0.2, 0) is 25.5 Å². The molecule has 37 heavy (non-hydrogen) atoms. The molecule has 2 aromatic rings. The second kappa shape index (κ2) is 10.8. The lowest BCUT2D eigenvalue weighted by Crippen LogP contribution is -2.49. The van der Waals surface area contributed by atoms with Gasteiger partial charge in [-0.3, -0.25) is 4.79 Å². The third kappa shape index (κ3) is 5.57. The second-order valence-electron chi connectivity index (χ2n) is 9.57. The first kappa shape index (κ1) is 26.5. The fourth-order valence-electron chi connectivity index (χ4n) is 4.83. The van der Waals surface area contributed by atoms with Crippen LogP contribution in [-0.4, -0.2) is 68.8 Å². The minimum absolute atomic E-state index is 0.0950. The molecule has 4 rings (SSSR count). The molecular formula is C28H31F2N3O4. The van der Waals surface area contributed by atoms with Gasteiger partial charge >= 0.3 is 5.97 Å². The molecule has 0 aromatic heterocycles. The number of nitrogens with one attached hydrogen (secondary N) is 2. The van der Waals surface area contributed by atoms with Crippen molar-refractivity contribution in [3.63, 3.8) is 0 Å². The molecule has 0 radical (unpaired) electrons. The van der Waals surface area contributed by atoms with Crippen LogP contribution in [0.4, 0.5) is 14.5 Å². The minimum atomic E-state index is -1.37. The zero-order valence-corrected chi connectivity index (χ0v) is 21.3. The molecule has 2 heterocycles. The summed E-state index contributed by atoms with van der Waals surface area (Å²) in [5.41, 5.74) is 0.854. The Morgan fingerprint density at radius 3 is 2.51 bits per heavy atom. The average Bonchev–Trinajstić information content (AvgIpc) is 3.42. The van der Waals surface area contributed by atoms with Gasteiger partial charge in [0.05, 0.1) is 24.3 Å². The van der Waals surface area contributed by atoms with Crippen LogP contribution < -0.4 is 10.6 Å². The summed E-state index contributed by atoms with van der Waals surface area (Å²) in [5.74, 6) is -1.90. The average molecular weight is 512 g/mol. The molecule has 3 atom stereocenters. The predicted octanol–water partition coefficient (Wildman–Crippen LogP) is 3.15. The molecule has 0 spiro atoms. The molecule has 0 aliphatic carbocycles. The Kier molecular flexibility index (Phi) is 7.75. The number of ether oxygens (including phenoxy) is 2. The number of aryl methyl sites for hydroxylation is 1. The molecular weight excluding hydrogens is 480 g/mol. The topological polar surface area (TPSA) is 79.9 Å². The van der Waals surface area contributed by atoms with E-state index in [1.165, 1.54) is 31.4 Å². The molecule has 2 N–H and O–H groups in total. The Labute approximate surface area is 215 Å². The summed E-state index contributed by atoms with van der Waals surface area (Å²) in [6.07, 6.45) is 3.01. The van der Waals surface area contributed by atoms with Gasteiger partial charge in [-0.25, -0.2) is 13.6 Å². The zero-order chi connectivity index (χ0) is 26.7. The van der Waals surface area contributed by atoms with Crippen molar-refractivity contribution in [3.05, 3.63) is 88.5 Å². The number of amides is 1. The number of hydrogen-bond acceptors (Lipinski definition) is 6. The van der Waals surface area contributed by atoms with Gasteiger partial charge in [-0.1, -0.05) is 18.2 Å². The van der Waals surface area contributed by atoms with Crippen molar-refractivity contribution in [2.45, 2.75) is 31.1 Å². The van der Waals surface area contributed by atoms with Crippen molar-refractivity contribution in [2.24, 2.45) is 0 Å². The molecule has 2 aliphatic heterocycles. The quantitative estimate of drug-likeness (QED) is 0.377. The number of benzene rings is 2. The smallest absolute Gasteiger partial charge is 0.337 e. The number of esters is 1. The predicted molar refractivity (Wildman–Crippen MR) is 136 cm³/mol. The van der Waals surface area contributed by atoms with Crippen LogP contribution >= 0.6 is 0 Å². The largest absolute Gasteiger partial charge is 0.466 e. The van der Waals surface area contributed by atoms with Crippen LogP contribution in [0, 0.1) is 18.6 Å². The number of hydrogen-bond donors (Lipinski definition) is 2. The number of carbonyl (C=O) groups excluding carboxylic acids is 2. The molecule has 3 unspecified atom stereocenters. The van der Waals surface area contributed by atoms with E-state index in [-0.39, 0.29) is 23.4 Å². The Bertz CT molecular complexity index is 1220. The van der Waals surface area contributed by atoms with E-state index in [2.05, 4.69) is 10.6 Å². The van der Waals surface area contributed by atoms with Crippen molar-refractivity contribution in [1.82, 2.24) is 10.2 Å². The maximum absolute atomic E-state index is 14.2. The first-order valence-electron chi connectivity index (χ1n) is 12.0. The van der Waals surface area contributed by atoms with E-state index in [0.29, 0.717) is 24.3 Å². The summed E-state index contributed by atoms with van der Waals surface area (Å²) >= 11 is 0. The van der Waals surface area contributed by atoms with Gasteiger partial charge in [0.1, 0.15) is 23.3 Å². The highest BCUT2D eigenvalue weighted by Crippen LogP contribution is 2.47. The molecule has 0 saturated heterocycles. The molecule has 7 nitrogen and oxygen atoms in total. The minimum Gasteiger partial charge on any atom is -0.466 e. The van der Waals surface area contributed by atoms with E-state index in [9.17, 15) is 18.4 Å². The van der Waals surface area contributed by atoms with E-state index in [4.69, 9.17) is 9.47 Å².